The van der Waals surface area contributed by atoms with Crippen molar-refractivity contribution in [1.29, 1.82) is 0 Å². The first kappa shape index (κ1) is 14.7. The average Bonchev–Trinajstić information content (AvgIpc) is 2.48. The SMILES string of the molecule is COc1cccc(OC)c1C(N)c1cc(Cl)ccc1C. The Bertz CT molecular complexity index is 591. The summed E-state index contributed by atoms with van der Waals surface area (Å²) in [5.41, 5.74) is 9.28. The third-order valence-corrected chi connectivity index (χ3v) is 3.59. The van der Waals surface area contributed by atoms with E-state index in [2.05, 4.69) is 0 Å². The molecule has 0 aromatic heterocycles. The molecular weight excluding hydrogens is 274 g/mol. The number of hydrogen-bond donors (Lipinski definition) is 1. The minimum absolute atomic E-state index is 0.361. The van der Waals surface area contributed by atoms with Crippen LogP contribution in [0, 0.1) is 6.92 Å². The van der Waals surface area contributed by atoms with Crippen LogP contribution < -0.4 is 15.2 Å². The summed E-state index contributed by atoms with van der Waals surface area (Å²) in [5.74, 6) is 1.41. The highest BCUT2D eigenvalue weighted by molar-refractivity contribution is 6.30. The maximum atomic E-state index is 6.42. The molecular formula is C16H18ClNO2. The van der Waals surface area contributed by atoms with Crippen molar-refractivity contribution < 1.29 is 9.47 Å². The molecule has 0 spiro atoms. The molecule has 4 heteroatoms. The highest BCUT2D eigenvalue weighted by Gasteiger charge is 2.20. The molecule has 0 saturated heterocycles. The Labute approximate surface area is 124 Å². The number of ether oxygens (including phenoxy) is 2. The largest absolute Gasteiger partial charge is 0.496 e. The minimum atomic E-state index is -0.361. The molecule has 20 heavy (non-hydrogen) atoms. The second kappa shape index (κ2) is 6.16. The lowest BCUT2D eigenvalue weighted by Crippen LogP contribution is -2.15. The summed E-state index contributed by atoms with van der Waals surface area (Å²) in [6, 6.07) is 11.0. The average molecular weight is 292 g/mol. The first-order chi connectivity index (χ1) is 9.58. The molecule has 3 nitrogen and oxygen atoms in total. The molecule has 2 aromatic rings. The molecule has 2 N–H and O–H groups in total. The van der Waals surface area contributed by atoms with Gasteiger partial charge in [0.1, 0.15) is 11.5 Å². The second-order valence-electron chi connectivity index (χ2n) is 4.55. The molecule has 2 aromatic carbocycles. The zero-order valence-corrected chi connectivity index (χ0v) is 12.6. The van der Waals surface area contributed by atoms with E-state index in [0.29, 0.717) is 16.5 Å². The van der Waals surface area contributed by atoms with Gasteiger partial charge in [0.2, 0.25) is 0 Å². The van der Waals surface area contributed by atoms with Crippen LogP contribution in [0.3, 0.4) is 0 Å². The van der Waals surface area contributed by atoms with E-state index >= 15 is 0 Å². The van der Waals surface area contributed by atoms with Crippen molar-refractivity contribution >= 4 is 11.6 Å². The van der Waals surface area contributed by atoms with Crippen molar-refractivity contribution in [3.05, 3.63) is 58.1 Å². The minimum Gasteiger partial charge on any atom is -0.496 e. The van der Waals surface area contributed by atoms with Crippen LogP contribution in [0.5, 0.6) is 11.5 Å². The van der Waals surface area contributed by atoms with Gasteiger partial charge in [-0.15, -0.1) is 0 Å². The Morgan fingerprint density at radius 3 is 2.20 bits per heavy atom. The second-order valence-corrected chi connectivity index (χ2v) is 4.99. The maximum absolute atomic E-state index is 6.42. The zero-order chi connectivity index (χ0) is 14.7. The van der Waals surface area contributed by atoms with Crippen LogP contribution >= 0.6 is 11.6 Å². The predicted molar refractivity (Wildman–Crippen MR) is 81.8 cm³/mol. The van der Waals surface area contributed by atoms with E-state index in [1.165, 1.54) is 0 Å². The molecule has 0 aliphatic carbocycles. The van der Waals surface area contributed by atoms with Gasteiger partial charge in [-0.3, -0.25) is 0 Å². The highest BCUT2D eigenvalue weighted by Crippen LogP contribution is 2.37. The lowest BCUT2D eigenvalue weighted by molar-refractivity contribution is 0.382. The Morgan fingerprint density at radius 2 is 1.65 bits per heavy atom. The monoisotopic (exact) mass is 291 g/mol. The van der Waals surface area contributed by atoms with E-state index < -0.39 is 0 Å². The quantitative estimate of drug-likeness (QED) is 0.934. The Balaban J connectivity index is 2.58. The summed E-state index contributed by atoms with van der Waals surface area (Å²) in [4.78, 5) is 0. The van der Waals surface area contributed by atoms with Gasteiger partial charge in [0.05, 0.1) is 25.8 Å². The molecule has 0 saturated carbocycles. The van der Waals surface area contributed by atoms with Crippen molar-refractivity contribution in [2.24, 2.45) is 5.73 Å². The zero-order valence-electron chi connectivity index (χ0n) is 11.8. The standard InChI is InChI=1S/C16H18ClNO2/c1-10-7-8-11(17)9-12(10)16(18)15-13(19-2)5-4-6-14(15)20-3/h4-9,16H,18H2,1-3H3. The summed E-state index contributed by atoms with van der Waals surface area (Å²) in [6.07, 6.45) is 0. The van der Waals surface area contributed by atoms with Crippen molar-refractivity contribution in [3.8, 4) is 11.5 Å². The van der Waals surface area contributed by atoms with Crippen LogP contribution in [0.25, 0.3) is 0 Å². The predicted octanol–water partition coefficient (Wildman–Crippen LogP) is 3.71. The molecule has 0 aliphatic heterocycles. The van der Waals surface area contributed by atoms with Crippen molar-refractivity contribution in [2.75, 3.05) is 14.2 Å². The summed E-state index contributed by atoms with van der Waals surface area (Å²) in [6.45, 7) is 2.01. The fraction of sp³-hybridized carbons (Fsp3) is 0.250. The molecule has 0 aliphatic rings. The van der Waals surface area contributed by atoms with Crippen molar-refractivity contribution in [1.82, 2.24) is 0 Å². The fourth-order valence-corrected chi connectivity index (χ4v) is 2.47. The van der Waals surface area contributed by atoms with Crippen LogP contribution in [-0.4, -0.2) is 14.2 Å². The van der Waals surface area contributed by atoms with E-state index in [1.807, 2.05) is 43.3 Å². The molecule has 0 amide bonds. The van der Waals surface area contributed by atoms with Crippen LogP contribution in [0.1, 0.15) is 22.7 Å². The molecule has 1 unspecified atom stereocenters. The van der Waals surface area contributed by atoms with E-state index in [9.17, 15) is 0 Å². The first-order valence-electron chi connectivity index (χ1n) is 6.31. The molecule has 1 atom stereocenters. The number of nitrogens with two attached hydrogens (primary N) is 1. The fourth-order valence-electron chi connectivity index (χ4n) is 2.29. The van der Waals surface area contributed by atoms with E-state index in [0.717, 1.165) is 16.7 Å². The third-order valence-electron chi connectivity index (χ3n) is 3.35. The van der Waals surface area contributed by atoms with Gasteiger partial charge in [0.15, 0.2) is 0 Å². The van der Waals surface area contributed by atoms with Gasteiger partial charge < -0.3 is 15.2 Å². The van der Waals surface area contributed by atoms with Gasteiger partial charge in [-0.2, -0.15) is 0 Å². The molecule has 2 rings (SSSR count). The molecule has 0 radical (unpaired) electrons. The number of halogens is 1. The first-order valence-corrected chi connectivity index (χ1v) is 6.68. The van der Waals surface area contributed by atoms with Gasteiger partial charge in [-0.1, -0.05) is 23.7 Å². The smallest absolute Gasteiger partial charge is 0.127 e. The van der Waals surface area contributed by atoms with Crippen molar-refractivity contribution in [3.63, 3.8) is 0 Å². The summed E-state index contributed by atoms with van der Waals surface area (Å²) >= 11 is 6.08. The van der Waals surface area contributed by atoms with Crippen LogP contribution in [-0.2, 0) is 0 Å². The number of rotatable bonds is 4. The maximum Gasteiger partial charge on any atom is 0.127 e. The highest BCUT2D eigenvalue weighted by atomic mass is 35.5. The number of methoxy groups -OCH3 is 2. The van der Waals surface area contributed by atoms with E-state index in [-0.39, 0.29) is 6.04 Å². The van der Waals surface area contributed by atoms with E-state index in [1.54, 1.807) is 14.2 Å². The number of hydrogen-bond acceptors (Lipinski definition) is 3. The van der Waals surface area contributed by atoms with Crippen LogP contribution in [0.2, 0.25) is 5.02 Å². The van der Waals surface area contributed by atoms with E-state index in [4.69, 9.17) is 26.8 Å². The molecule has 106 valence electrons. The Kier molecular flexibility index (Phi) is 4.53. The molecule has 0 fully saturated rings. The third kappa shape index (κ3) is 2.74. The molecule has 0 bridgehead atoms. The number of benzene rings is 2. The molecule has 0 heterocycles. The number of aryl methyl sites for hydroxylation is 1. The van der Waals surface area contributed by atoms with Gasteiger partial charge in [-0.25, -0.2) is 0 Å². The van der Waals surface area contributed by atoms with Gasteiger partial charge in [0, 0.05) is 5.02 Å². The summed E-state index contributed by atoms with van der Waals surface area (Å²) < 4.78 is 10.8. The van der Waals surface area contributed by atoms with Gasteiger partial charge in [-0.05, 0) is 42.3 Å². The summed E-state index contributed by atoms with van der Waals surface area (Å²) in [5, 5.41) is 0.662. The Hall–Kier alpha value is -1.71. The van der Waals surface area contributed by atoms with Gasteiger partial charge in [0.25, 0.3) is 0 Å². The van der Waals surface area contributed by atoms with Gasteiger partial charge >= 0.3 is 0 Å². The lowest BCUT2D eigenvalue weighted by Gasteiger charge is -2.20. The topological polar surface area (TPSA) is 44.5 Å². The lowest BCUT2D eigenvalue weighted by atomic mass is 9.94. The Morgan fingerprint density at radius 1 is 1.05 bits per heavy atom. The normalized spacial score (nSPS) is 12.1. The van der Waals surface area contributed by atoms with Crippen LogP contribution in [0.15, 0.2) is 36.4 Å². The van der Waals surface area contributed by atoms with Crippen LogP contribution in [0.4, 0.5) is 0 Å². The summed E-state index contributed by atoms with van der Waals surface area (Å²) in [7, 11) is 3.24. The van der Waals surface area contributed by atoms with Crippen molar-refractivity contribution in [2.45, 2.75) is 13.0 Å².